The van der Waals surface area contributed by atoms with Crippen molar-refractivity contribution in [3.63, 3.8) is 0 Å². The van der Waals surface area contributed by atoms with Crippen LogP contribution in [0.3, 0.4) is 0 Å². The minimum atomic E-state index is -0.852. The zero-order valence-corrected chi connectivity index (χ0v) is 8.24. The number of rotatable bonds is 3. The highest BCUT2D eigenvalue weighted by molar-refractivity contribution is 5.75. The predicted octanol–water partition coefficient (Wildman–Crippen LogP) is 2.02. The van der Waals surface area contributed by atoms with Gasteiger partial charge in [-0.25, -0.2) is 4.39 Å². The van der Waals surface area contributed by atoms with Crippen molar-refractivity contribution in [2.75, 3.05) is 7.11 Å². The Balaban J connectivity index is 2.21. The SMILES string of the molecule is COc1ccc(C2CC2C(=O)O)c(F)c1. The molecule has 1 fully saturated rings. The van der Waals surface area contributed by atoms with Crippen LogP contribution >= 0.6 is 0 Å². The van der Waals surface area contributed by atoms with Gasteiger partial charge < -0.3 is 9.84 Å². The van der Waals surface area contributed by atoms with Crippen molar-refractivity contribution < 1.29 is 19.0 Å². The van der Waals surface area contributed by atoms with Crippen molar-refractivity contribution in [2.45, 2.75) is 12.3 Å². The maximum atomic E-state index is 13.5. The van der Waals surface area contributed by atoms with Gasteiger partial charge in [0.05, 0.1) is 13.0 Å². The van der Waals surface area contributed by atoms with Crippen molar-refractivity contribution in [1.29, 1.82) is 0 Å². The van der Waals surface area contributed by atoms with Crippen LogP contribution in [0.1, 0.15) is 17.9 Å². The van der Waals surface area contributed by atoms with Crippen LogP contribution in [0.25, 0.3) is 0 Å². The van der Waals surface area contributed by atoms with E-state index in [-0.39, 0.29) is 11.7 Å². The maximum absolute atomic E-state index is 13.5. The molecule has 80 valence electrons. The molecular weight excluding hydrogens is 199 g/mol. The van der Waals surface area contributed by atoms with Gasteiger partial charge in [-0.1, -0.05) is 6.07 Å². The van der Waals surface area contributed by atoms with Gasteiger partial charge in [-0.2, -0.15) is 0 Å². The molecule has 0 amide bonds. The van der Waals surface area contributed by atoms with Crippen LogP contribution in [0.15, 0.2) is 18.2 Å². The lowest BCUT2D eigenvalue weighted by atomic mass is 10.1. The van der Waals surface area contributed by atoms with Crippen LogP contribution in [0.2, 0.25) is 0 Å². The lowest BCUT2D eigenvalue weighted by Gasteiger charge is -2.04. The number of halogens is 1. The summed E-state index contributed by atoms with van der Waals surface area (Å²) >= 11 is 0. The molecule has 1 saturated carbocycles. The highest BCUT2D eigenvalue weighted by Crippen LogP contribution is 2.48. The lowest BCUT2D eigenvalue weighted by molar-refractivity contribution is -0.138. The van der Waals surface area contributed by atoms with Crippen LogP contribution in [0, 0.1) is 11.7 Å². The smallest absolute Gasteiger partial charge is 0.307 e. The molecule has 2 unspecified atom stereocenters. The quantitative estimate of drug-likeness (QED) is 0.830. The number of carboxylic acids is 1. The molecule has 2 atom stereocenters. The fourth-order valence-electron chi connectivity index (χ4n) is 1.75. The Morgan fingerprint density at radius 2 is 2.33 bits per heavy atom. The van der Waals surface area contributed by atoms with Crippen molar-refractivity contribution >= 4 is 5.97 Å². The van der Waals surface area contributed by atoms with Gasteiger partial charge in [0.2, 0.25) is 0 Å². The number of carboxylic acid groups (broad SMARTS) is 1. The summed E-state index contributed by atoms with van der Waals surface area (Å²) in [6.07, 6.45) is 0.526. The molecule has 0 heterocycles. The van der Waals surface area contributed by atoms with Gasteiger partial charge in [-0.3, -0.25) is 4.79 Å². The molecule has 0 spiro atoms. The Bertz CT molecular complexity index is 403. The lowest BCUT2D eigenvalue weighted by Crippen LogP contribution is -2.00. The summed E-state index contributed by atoms with van der Waals surface area (Å²) in [7, 11) is 1.46. The summed E-state index contributed by atoms with van der Waals surface area (Å²) in [4.78, 5) is 10.6. The number of hydrogen-bond donors (Lipinski definition) is 1. The van der Waals surface area contributed by atoms with E-state index in [9.17, 15) is 9.18 Å². The van der Waals surface area contributed by atoms with Gasteiger partial charge in [0, 0.05) is 12.0 Å². The standard InChI is InChI=1S/C11H11FO3/c1-15-6-2-3-7(10(12)4-6)8-5-9(8)11(13)14/h2-4,8-9H,5H2,1H3,(H,13,14). The number of carbonyl (C=O) groups is 1. The molecular formula is C11H11FO3. The molecule has 0 bridgehead atoms. The molecule has 0 saturated heterocycles. The van der Waals surface area contributed by atoms with Gasteiger partial charge >= 0.3 is 5.97 Å². The number of ether oxygens (including phenoxy) is 1. The summed E-state index contributed by atoms with van der Waals surface area (Å²) in [5.74, 6) is -1.39. The fraction of sp³-hybridized carbons (Fsp3) is 0.364. The molecule has 3 nitrogen and oxygen atoms in total. The minimum absolute atomic E-state index is 0.173. The third kappa shape index (κ3) is 1.79. The molecule has 4 heteroatoms. The minimum Gasteiger partial charge on any atom is -0.497 e. The number of aliphatic carboxylic acids is 1. The Hall–Kier alpha value is -1.58. The van der Waals surface area contributed by atoms with Crippen molar-refractivity contribution in [2.24, 2.45) is 5.92 Å². The maximum Gasteiger partial charge on any atom is 0.307 e. The fourth-order valence-corrected chi connectivity index (χ4v) is 1.75. The average molecular weight is 210 g/mol. The number of benzene rings is 1. The van der Waals surface area contributed by atoms with Crippen LogP contribution in [0.4, 0.5) is 4.39 Å². The first kappa shape index (κ1) is 9.96. The van der Waals surface area contributed by atoms with Crippen LogP contribution in [0.5, 0.6) is 5.75 Å². The van der Waals surface area contributed by atoms with Crippen molar-refractivity contribution in [3.05, 3.63) is 29.6 Å². The molecule has 0 aromatic heterocycles. The third-order valence-electron chi connectivity index (χ3n) is 2.71. The Kier molecular flexibility index (Phi) is 2.34. The van der Waals surface area contributed by atoms with Crippen molar-refractivity contribution in [1.82, 2.24) is 0 Å². The van der Waals surface area contributed by atoms with E-state index in [1.165, 1.54) is 13.2 Å². The first-order valence-electron chi connectivity index (χ1n) is 4.69. The second-order valence-electron chi connectivity index (χ2n) is 3.67. The number of methoxy groups -OCH3 is 1. The highest BCUT2D eigenvalue weighted by atomic mass is 19.1. The summed E-state index contributed by atoms with van der Waals surface area (Å²) in [5, 5.41) is 8.73. The Morgan fingerprint density at radius 1 is 1.60 bits per heavy atom. The van der Waals surface area contributed by atoms with Gasteiger partial charge in [0.25, 0.3) is 0 Å². The van der Waals surface area contributed by atoms with Gasteiger partial charge in [-0.15, -0.1) is 0 Å². The van der Waals surface area contributed by atoms with E-state index in [1.54, 1.807) is 12.1 Å². The topological polar surface area (TPSA) is 46.5 Å². The molecule has 1 N–H and O–H groups in total. The summed E-state index contributed by atoms with van der Waals surface area (Å²) in [6.45, 7) is 0. The molecule has 1 aromatic carbocycles. The van der Waals surface area contributed by atoms with E-state index in [1.807, 2.05) is 0 Å². The average Bonchev–Trinajstić information content (AvgIpc) is 2.97. The summed E-state index contributed by atoms with van der Waals surface area (Å²) in [6, 6.07) is 4.53. The van der Waals surface area contributed by atoms with Crippen molar-refractivity contribution in [3.8, 4) is 5.75 Å². The normalized spacial score (nSPS) is 23.6. The summed E-state index contributed by atoms with van der Waals surface area (Å²) in [5.41, 5.74) is 0.475. The first-order valence-corrected chi connectivity index (χ1v) is 4.69. The Morgan fingerprint density at radius 3 is 2.80 bits per heavy atom. The van der Waals surface area contributed by atoms with Gasteiger partial charge in [-0.05, 0) is 18.1 Å². The van der Waals surface area contributed by atoms with E-state index in [0.717, 1.165) is 0 Å². The van der Waals surface area contributed by atoms with E-state index in [0.29, 0.717) is 17.7 Å². The first-order chi connectivity index (χ1) is 7.13. The molecule has 0 aliphatic heterocycles. The van der Waals surface area contributed by atoms with E-state index in [2.05, 4.69) is 0 Å². The molecule has 15 heavy (non-hydrogen) atoms. The summed E-state index contributed by atoms with van der Waals surface area (Å²) < 4.78 is 18.4. The molecule has 1 aromatic rings. The monoisotopic (exact) mass is 210 g/mol. The molecule has 1 aliphatic rings. The second-order valence-corrected chi connectivity index (χ2v) is 3.67. The number of hydrogen-bond acceptors (Lipinski definition) is 2. The molecule has 2 rings (SSSR count). The zero-order valence-electron chi connectivity index (χ0n) is 8.24. The van der Waals surface area contributed by atoms with Crippen LogP contribution in [-0.2, 0) is 4.79 Å². The second kappa shape index (κ2) is 3.53. The van der Waals surface area contributed by atoms with E-state index >= 15 is 0 Å². The van der Waals surface area contributed by atoms with E-state index in [4.69, 9.17) is 9.84 Å². The molecule has 0 radical (unpaired) electrons. The van der Waals surface area contributed by atoms with Gasteiger partial charge in [0.15, 0.2) is 0 Å². The zero-order chi connectivity index (χ0) is 11.0. The third-order valence-corrected chi connectivity index (χ3v) is 2.71. The van der Waals surface area contributed by atoms with Crippen LogP contribution in [-0.4, -0.2) is 18.2 Å². The highest BCUT2D eigenvalue weighted by Gasteiger charge is 2.45. The predicted molar refractivity (Wildman–Crippen MR) is 51.4 cm³/mol. The van der Waals surface area contributed by atoms with Gasteiger partial charge in [0.1, 0.15) is 11.6 Å². The Labute approximate surface area is 86.5 Å². The largest absolute Gasteiger partial charge is 0.497 e. The van der Waals surface area contributed by atoms with E-state index < -0.39 is 11.9 Å². The molecule has 1 aliphatic carbocycles. The van der Waals surface area contributed by atoms with Crippen LogP contribution < -0.4 is 4.74 Å².